The van der Waals surface area contributed by atoms with Gasteiger partial charge in [-0.05, 0) is 49.2 Å². The SMILES string of the molecule is Cc1cc(C)cc(OCC(=O)OCC(=O)N2CCN(c3ccccc3Cl)CC2)c1. The van der Waals surface area contributed by atoms with Gasteiger partial charge in [0.2, 0.25) is 0 Å². The molecule has 3 rings (SSSR count). The molecular weight excluding hydrogens is 392 g/mol. The maximum atomic E-state index is 12.3. The van der Waals surface area contributed by atoms with E-state index in [1.165, 1.54) is 0 Å². The van der Waals surface area contributed by atoms with Gasteiger partial charge in [0.05, 0.1) is 10.7 Å². The standard InChI is InChI=1S/C22H25ClN2O4/c1-16-11-17(2)13-18(12-16)28-15-22(27)29-14-21(26)25-9-7-24(8-10-25)20-6-4-3-5-19(20)23/h3-6,11-13H,7-10,14-15H2,1-2H3. The fourth-order valence-corrected chi connectivity index (χ4v) is 3.59. The van der Waals surface area contributed by atoms with Crippen LogP contribution in [0, 0.1) is 13.8 Å². The summed E-state index contributed by atoms with van der Waals surface area (Å²) in [5.41, 5.74) is 3.08. The van der Waals surface area contributed by atoms with Gasteiger partial charge in [-0.25, -0.2) is 4.79 Å². The number of hydrogen-bond acceptors (Lipinski definition) is 5. The molecule has 1 heterocycles. The van der Waals surface area contributed by atoms with E-state index in [0.717, 1.165) is 16.8 Å². The maximum absolute atomic E-state index is 12.3. The molecule has 2 aromatic carbocycles. The second kappa shape index (κ2) is 9.65. The monoisotopic (exact) mass is 416 g/mol. The van der Waals surface area contributed by atoms with Gasteiger partial charge < -0.3 is 19.3 Å². The number of anilines is 1. The minimum absolute atomic E-state index is 0.205. The Morgan fingerprint density at radius 3 is 2.28 bits per heavy atom. The average molecular weight is 417 g/mol. The number of carbonyl (C=O) groups excluding carboxylic acids is 2. The molecule has 154 valence electrons. The summed E-state index contributed by atoms with van der Waals surface area (Å²) in [6.07, 6.45) is 0. The van der Waals surface area contributed by atoms with Crippen molar-refractivity contribution in [2.24, 2.45) is 0 Å². The number of esters is 1. The Balaban J connectivity index is 1.40. The van der Waals surface area contributed by atoms with E-state index in [0.29, 0.717) is 37.0 Å². The molecule has 1 saturated heterocycles. The third kappa shape index (κ3) is 5.87. The van der Waals surface area contributed by atoms with Crippen molar-refractivity contribution in [3.8, 4) is 5.75 Å². The molecule has 0 bridgehead atoms. The Hall–Kier alpha value is -2.73. The van der Waals surface area contributed by atoms with Gasteiger partial charge in [-0.3, -0.25) is 4.79 Å². The van der Waals surface area contributed by atoms with Gasteiger partial charge >= 0.3 is 5.97 Å². The highest BCUT2D eigenvalue weighted by Gasteiger charge is 2.23. The molecule has 29 heavy (non-hydrogen) atoms. The molecule has 0 unspecified atom stereocenters. The molecule has 6 nitrogen and oxygen atoms in total. The normalized spacial score (nSPS) is 13.9. The zero-order valence-electron chi connectivity index (χ0n) is 16.7. The first-order valence-electron chi connectivity index (χ1n) is 9.56. The summed E-state index contributed by atoms with van der Waals surface area (Å²) >= 11 is 6.24. The second-order valence-electron chi connectivity index (χ2n) is 7.09. The highest BCUT2D eigenvalue weighted by molar-refractivity contribution is 6.33. The number of rotatable bonds is 6. The van der Waals surface area contributed by atoms with E-state index in [4.69, 9.17) is 21.1 Å². The molecule has 1 aliphatic heterocycles. The summed E-state index contributed by atoms with van der Waals surface area (Å²) in [5.74, 6) is -0.155. The first-order valence-corrected chi connectivity index (χ1v) is 9.94. The fraction of sp³-hybridized carbons (Fsp3) is 0.364. The zero-order valence-corrected chi connectivity index (χ0v) is 17.4. The van der Waals surface area contributed by atoms with Gasteiger partial charge in [0, 0.05) is 26.2 Å². The lowest BCUT2D eigenvalue weighted by atomic mass is 10.1. The first-order chi connectivity index (χ1) is 13.9. The van der Waals surface area contributed by atoms with Crippen molar-refractivity contribution in [2.75, 3.05) is 44.3 Å². The molecule has 0 radical (unpaired) electrons. The smallest absolute Gasteiger partial charge is 0.344 e. The van der Waals surface area contributed by atoms with Crippen LogP contribution in [0.4, 0.5) is 5.69 Å². The Morgan fingerprint density at radius 1 is 0.966 bits per heavy atom. The van der Waals surface area contributed by atoms with Crippen LogP contribution in [-0.4, -0.2) is 56.2 Å². The largest absolute Gasteiger partial charge is 0.482 e. The molecule has 0 saturated carbocycles. The number of piperazine rings is 1. The number of carbonyl (C=O) groups is 2. The number of amides is 1. The van der Waals surface area contributed by atoms with Gasteiger partial charge in [0.1, 0.15) is 5.75 Å². The highest BCUT2D eigenvalue weighted by Crippen LogP contribution is 2.26. The maximum Gasteiger partial charge on any atom is 0.344 e. The van der Waals surface area contributed by atoms with Gasteiger partial charge in [0.15, 0.2) is 13.2 Å². The van der Waals surface area contributed by atoms with Gasteiger partial charge in [-0.2, -0.15) is 0 Å². The highest BCUT2D eigenvalue weighted by atomic mass is 35.5. The van der Waals surface area contributed by atoms with Crippen LogP contribution in [-0.2, 0) is 14.3 Å². The van der Waals surface area contributed by atoms with Crippen LogP contribution in [0.1, 0.15) is 11.1 Å². The third-order valence-electron chi connectivity index (χ3n) is 4.73. The molecule has 0 aromatic heterocycles. The predicted molar refractivity (Wildman–Crippen MR) is 113 cm³/mol. The Morgan fingerprint density at radius 2 is 1.62 bits per heavy atom. The summed E-state index contributed by atoms with van der Waals surface area (Å²) in [6, 6.07) is 13.4. The van der Waals surface area contributed by atoms with E-state index in [1.807, 2.05) is 56.3 Å². The van der Waals surface area contributed by atoms with Crippen LogP contribution in [0.5, 0.6) is 5.75 Å². The van der Waals surface area contributed by atoms with Crippen LogP contribution >= 0.6 is 11.6 Å². The van der Waals surface area contributed by atoms with E-state index in [1.54, 1.807) is 4.90 Å². The van der Waals surface area contributed by atoms with E-state index < -0.39 is 5.97 Å². The van der Waals surface area contributed by atoms with Crippen molar-refractivity contribution in [1.82, 2.24) is 4.90 Å². The third-order valence-corrected chi connectivity index (χ3v) is 5.05. The summed E-state index contributed by atoms with van der Waals surface area (Å²) in [6.45, 7) is 5.89. The van der Waals surface area contributed by atoms with E-state index in [9.17, 15) is 9.59 Å². The molecule has 2 aromatic rings. The summed E-state index contributed by atoms with van der Waals surface area (Å²) in [5, 5.41) is 0.699. The van der Waals surface area contributed by atoms with E-state index in [2.05, 4.69) is 4.90 Å². The van der Waals surface area contributed by atoms with E-state index >= 15 is 0 Å². The lowest BCUT2D eigenvalue weighted by Crippen LogP contribution is -2.50. The zero-order chi connectivity index (χ0) is 20.8. The molecule has 1 aliphatic rings. The number of aryl methyl sites for hydroxylation is 2. The van der Waals surface area contributed by atoms with Gasteiger partial charge in [-0.1, -0.05) is 29.8 Å². The first kappa shape index (κ1) is 21.0. The minimum atomic E-state index is -0.563. The van der Waals surface area contributed by atoms with Crippen molar-refractivity contribution in [2.45, 2.75) is 13.8 Å². The number of halogens is 1. The van der Waals surface area contributed by atoms with Gasteiger partial charge in [-0.15, -0.1) is 0 Å². The topological polar surface area (TPSA) is 59.1 Å². The molecule has 1 amide bonds. The van der Waals surface area contributed by atoms with Crippen molar-refractivity contribution in [3.63, 3.8) is 0 Å². The predicted octanol–water partition coefficient (Wildman–Crippen LogP) is 3.23. The Bertz CT molecular complexity index is 859. The minimum Gasteiger partial charge on any atom is -0.482 e. The number of para-hydroxylation sites is 1. The molecule has 0 spiro atoms. The van der Waals surface area contributed by atoms with Crippen LogP contribution < -0.4 is 9.64 Å². The van der Waals surface area contributed by atoms with Crippen molar-refractivity contribution < 1.29 is 19.1 Å². The Labute approximate surface area is 176 Å². The van der Waals surface area contributed by atoms with Gasteiger partial charge in [0.25, 0.3) is 5.91 Å². The number of benzene rings is 2. The summed E-state index contributed by atoms with van der Waals surface area (Å²) in [7, 11) is 0. The van der Waals surface area contributed by atoms with E-state index in [-0.39, 0.29) is 19.1 Å². The van der Waals surface area contributed by atoms with Crippen molar-refractivity contribution >= 4 is 29.2 Å². The second-order valence-corrected chi connectivity index (χ2v) is 7.50. The average Bonchev–Trinajstić information content (AvgIpc) is 2.70. The lowest BCUT2D eigenvalue weighted by molar-refractivity contribution is -0.153. The quantitative estimate of drug-likeness (QED) is 0.677. The summed E-state index contributed by atoms with van der Waals surface area (Å²) in [4.78, 5) is 28.1. The molecule has 0 aliphatic carbocycles. The molecule has 7 heteroatoms. The molecule has 0 N–H and O–H groups in total. The molecular formula is C22H25ClN2O4. The van der Waals surface area contributed by atoms with Crippen LogP contribution in [0.25, 0.3) is 0 Å². The summed E-state index contributed by atoms with van der Waals surface area (Å²) < 4.78 is 10.5. The van der Waals surface area contributed by atoms with Crippen molar-refractivity contribution in [3.05, 3.63) is 58.6 Å². The lowest BCUT2D eigenvalue weighted by Gasteiger charge is -2.36. The number of nitrogens with zero attached hydrogens (tertiary/aromatic N) is 2. The molecule has 0 atom stereocenters. The Kier molecular flexibility index (Phi) is 6.99. The van der Waals surface area contributed by atoms with Crippen LogP contribution in [0.2, 0.25) is 5.02 Å². The van der Waals surface area contributed by atoms with Crippen LogP contribution in [0.3, 0.4) is 0 Å². The van der Waals surface area contributed by atoms with Crippen molar-refractivity contribution in [1.29, 1.82) is 0 Å². The fourth-order valence-electron chi connectivity index (χ4n) is 3.34. The number of hydrogen-bond donors (Lipinski definition) is 0. The van der Waals surface area contributed by atoms with Crippen LogP contribution in [0.15, 0.2) is 42.5 Å². The molecule has 1 fully saturated rings. The number of ether oxygens (including phenoxy) is 2.